The number of aliphatic carboxylic acids is 1. The monoisotopic (exact) mass is 224 g/mol. The Bertz CT molecular complexity index is 409. The lowest BCUT2D eigenvalue weighted by molar-refractivity contribution is -0.146. The van der Waals surface area contributed by atoms with Gasteiger partial charge in [-0.2, -0.15) is 5.10 Å². The molecule has 5 heteroatoms. The first-order valence-corrected chi connectivity index (χ1v) is 5.37. The minimum absolute atomic E-state index is 0.428. The maximum Gasteiger partial charge on any atom is 0.309 e. The lowest BCUT2D eigenvalue weighted by atomic mass is 9.86. The van der Waals surface area contributed by atoms with E-state index in [0.717, 1.165) is 23.4 Å². The van der Waals surface area contributed by atoms with Crippen LogP contribution in [0.5, 0.6) is 0 Å². The summed E-state index contributed by atoms with van der Waals surface area (Å²) >= 11 is 0. The molecule has 16 heavy (non-hydrogen) atoms. The number of carboxylic acid groups (broad SMARTS) is 1. The molecule has 0 saturated heterocycles. The second kappa shape index (κ2) is 3.90. The van der Waals surface area contributed by atoms with Crippen LogP contribution in [0.4, 0.5) is 0 Å². The second-order valence-corrected chi connectivity index (χ2v) is 4.80. The number of rotatable bonds is 3. The van der Waals surface area contributed by atoms with Crippen molar-refractivity contribution in [3.8, 4) is 0 Å². The number of aromatic amines is 1. The van der Waals surface area contributed by atoms with Crippen LogP contribution >= 0.6 is 0 Å². The van der Waals surface area contributed by atoms with Gasteiger partial charge >= 0.3 is 5.97 Å². The third-order valence-corrected chi connectivity index (χ3v) is 2.97. The normalized spacial score (nSPS) is 15.9. The number of hydrogen-bond acceptors (Lipinski definition) is 3. The zero-order valence-corrected chi connectivity index (χ0v) is 9.54. The van der Waals surface area contributed by atoms with Gasteiger partial charge in [-0.25, -0.2) is 0 Å². The van der Waals surface area contributed by atoms with Crippen LogP contribution in [0.2, 0.25) is 0 Å². The van der Waals surface area contributed by atoms with Gasteiger partial charge in [0.15, 0.2) is 0 Å². The quantitative estimate of drug-likeness (QED) is 0.807. The molecule has 0 fully saturated rings. The number of fused-ring (bicyclic) bond motifs is 1. The lowest BCUT2D eigenvalue weighted by Gasteiger charge is -2.19. The van der Waals surface area contributed by atoms with E-state index in [1.807, 2.05) is 0 Å². The smallest absolute Gasteiger partial charge is 0.309 e. The molecule has 0 amide bonds. The summed E-state index contributed by atoms with van der Waals surface area (Å²) in [6, 6.07) is 0. The topological polar surface area (TPSA) is 75.2 Å². The predicted molar refractivity (Wildman–Crippen MR) is 57.1 cm³/mol. The zero-order valence-electron chi connectivity index (χ0n) is 9.54. The van der Waals surface area contributed by atoms with E-state index in [0.29, 0.717) is 19.6 Å². The van der Waals surface area contributed by atoms with Crippen LogP contribution in [0.25, 0.3) is 0 Å². The Hall–Kier alpha value is -1.36. The van der Waals surface area contributed by atoms with E-state index < -0.39 is 11.4 Å². The summed E-state index contributed by atoms with van der Waals surface area (Å²) in [4.78, 5) is 11.0. The second-order valence-electron chi connectivity index (χ2n) is 4.80. The van der Waals surface area contributed by atoms with Crippen molar-refractivity contribution in [3.05, 3.63) is 17.0 Å². The zero-order chi connectivity index (χ0) is 11.8. The van der Waals surface area contributed by atoms with Gasteiger partial charge in [-0.05, 0) is 13.8 Å². The van der Waals surface area contributed by atoms with Crippen molar-refractivity contribution in [1.82, 2.24) is 10.2 Å². The van der Waals surface area contributed by atoms with E-state index in [1.165, 1.54) is 0 Å². The van der Waals surface area contributed by atoms with Crippen LogP contribution < -0.4 is 0 Å². The molecular weight excluding hydrogens is 208 g/mol. The van der Waals surface area contributed by atoms with Gasteiger partial charge in [0.2, 0.25) is 0 Å². The van der Waals surface area contributed by atoms with Crippen LogP contribution in [0.1, 0.15) is 30.8 Å². The van der Waals surface area contributed by atoms with Crippen LogP contribution in [0.3, 0.4) is 0 Å². The number of nitrogens with zero attached hydrogens (tertiary/aromatic N) is 1. The molecule has 0 aromatic carbocycles. The molecule has 0 atom stereocenters. The Labute approximate surface area is 93.8 Å². The van der Waals surface area contributed by atoms with Crippen LogP contribution in [-0.2, 0) is 29.0 Å². The number of ether oxygens (including phenoxy) is 1. The SMILES string of the molecule is CC(C)(Cc1n[nH]c2c1COCC2)C(=O)O. The van der Waals surface area contributed by atoms with E-state index in [-0.39, 0.29) is 0 Å². The fourth-order valence-electron chi connectivity index (χ4n) is 1.81. The number of aromatic nitrogens is 2. The first kappa shape index (κ1) is 11.1. The molecule has 0 bridgehead atoms. The highest BCUT2D eigenvalue weighted by Gasteiger charge is 2.30. The summed E-state index contributed by atoms with van der Waals surface area (Å²) in [5.41, 5.74) is 2.16. The molecule has 0 radical (unpaired) electrons. The summed E-state index contributed by atoms with van der Waals surface area (Å²) in [5.74, 6) is -0.805. The molecule has 1 aliphatic rings. The predicted octanol–water partition coefficient (Wildman–Crippen LogP) is 1.14. The highest BCUT2D eigenvalue weighted by molar-refractivity contribution is 5.74. The molecule has 2 heterocycles. The average molecular weight is 224 g/mol. The minimum Gasteiger partial charge on any atom is -0.481 e. The molecule has 5 nitrogen and oxygen atoms in total. The third kappa shape index (κ3) is 1.95. The molecule has 0 unspecified atom stereocenters. The number of hydrogen-bond donors (Lipinski definition) is 2. The largest absolute Gasteiger partial charge is 0.481 e. The molecule has 2 N–H and O–H groups in total. The summed E-state index contributed by atoms with van der Waals surface area (Å²) in [6.45, 7) is 4.66. The molecular formula is C11H16N2O3. The van der Waals surface area contributed by atoms with Crippen molar-refractivity contribution >= 4 is 5.97 Å². The molecule has 88 valence electrons. The average Bonchev–Trinajstić information content (AvgIpc) is 2.61. The Morgan fingerprint density at radius 1 is 1.62 bits per heavy atom. The van der Waals surface area contributed by atoms with E-state index in [2.05, 4.69) is 10.2 Å². The molecule has 0 saturated carbocycles. The van der Waals surface area contributed by atoms with Crippen molar-refractivity contribution in [3.63, 3.8) is 0 Å². The van der Waals surface area contributed by atoms with E-state index in [4.69, 9.17) is 9.84 Å². The molecule has 2 rings (SSSR count). The van der Waals surface area contributed by atoms with Gasteiger partial charge in [0.1, 0.15) is 0 Å². The summed E-state index contributed by atoms with van der Waals surface area (Å²) in [5, 5.41) is 16.2. The Morgan fingerprint density at radius 2 is 2.38 bits per heavy atom. The number of carbonyl (C=O) groups is 1. The maximum absolute atomic E-state index is 11.0. The fraction of sp³-hybridized carbons (Fsp3) is 0.636. The van der Waals surface area contributed by atoms with Crippen LogP contribution in [-0.4, -0.2) is 27.9 Å². The molecule has 1 aromatic heterocycles. The van der Waals surface area contributed by atoms with Crippen LogP contribution in [0.15, 0.2) is 0 Å². The van der Waals surface area contributed by atoms with Gasteiger partial charge in [-0.15, -0.1) is 0 Å². The summed E-state index contributed by atoms with van der Waals surface area (Å²) < 4.78 is 5.36. The molecule has 1 aliphatic heterocycles. The van der Waals surface area contributed by atoms with Crippen molar-refractivity contribution in [2.45, 2.75) is 33.3 Å². The lowest BCUT2D eigenvalue weighted by Crippen LogP contribution is -2.27. The van der Waals surface area contributed by atoms with Gasteiger partial charge in [0.05, 0.1) is 24.3 Å². The van der Waals surface area contributed by atoms with Crippen molar-refractivity contribution < 1.29 is 14.6 Å². The Balaban J connectivity index is 2.22. The Morgan fingerprint density at radius 3 is 3.06 bits per heavy atom. The molecule has 0 spiro atoms. The molecule has 0 aliphatic carbocycles. The van der Waals surface area contributed by atoms with E-state index in [9.17, 15) is 4.79 Å². The Kier molecular flexibility index (Phi) is 2.71. The van der Waals surface area contributed by atoms with Gasteiger partial charge in [-0.3, -0.25) is 9.89 Å². The minimum atomic E-state index is -0.805. The summed E-state index contributed by atoms with van der Waals surface area (Å²) in [7, 11) is 0. The third-order valence-electron chi connectivity index (χ3n) is 2.97. The highest BCUT2D eigenvalue weighted by Crippen LogP contribution is 2.26. The van der Waals surface area contributed by atoms with Gasteiger partial charge < -0.3 is 9.84 Å². The summed E-state index contributed by atoms with van der Waals surface area (Å²) in [6.07, 6.45) is 1.26. The van der Waals surface area contributed by atoms with Crippen LogP contribution in [0, 0.1) is 5.41 Å². The maximum atomic E-state index is 11.0. The van der Waals surface area contributed by atoms with E-state index in [1.54, 1.807) is 13.8 Å². The van der Waals surface area contributed by atoms with Gasteiger partial charge in [0.25, 0.3) is 0 Å². The first-order valence-electron chi connectivity index (χ1n) is 5.37. The van der Waals surface area contributed by atoms with Gasteiger partial charge in [0, 0.05) is 24.1 Å². The standard InChI is InChI=1S/C11H16N2O3/c1-11(2,10(14)15)5-9-7-6-16-4-3-8(7)12-13-9/h3-6H2,1-2H3,(H,12,13)(H,14,15). The number of nitrogens with one attached hydrogen (secondary N) is 1. The fourth-order valence-corrected chi connectivity index (χ4v) is 1.81. The number of H-pyrrole nitrogens is 1. The van der Waals surface area contributed by atoms with E-state index >= 15 is 0 Å². The first-order chi connectivity index (χ1) is 7.50. The van der Waals surface area contributed by atoms with Gasteiger partial charge in [-0.1, -0.05) is 0 Å². The number of carboxylic acids is 1. The van der Waals surface area contributed by atoms with Crippen molar-refractivity contribution in [1.29, 1.82) is 0 Å². The van der Waals surface area contributed by atoms with Crippen molar-refractivity contribution in [2.75, 3.05) is 6.61 Å². The molecule has 1 aromatic rings. The highest BCUT2D eigenvalue weighted by atomic mass is 16.5. The van der Waals surface area contributed by atoms with Crippen molar-refractivity contribution in [2.24, 2.45) is 5.41 Å².